The van der Waals surface area contributed by atoms with Crippen molar-refractivity contribution in [1.82, 2.24) is 4.90 Å². The number of carbonyl (C=O) groups is 1. The van der Waals surface area contributed by atoms with E-state index in [1.54, 1.807) is 29.2 Å². The number of nitro benzene ring substituents is 2. The van der Waals surface area contributed by atoms with Crippen LogP contribution in [0.4, 0.5) is 28.4 Å². The lowest BCUT2D eigenvalue weighted by molar-refractivity contribution is -0.384. The Morgan fingerprint density at radius 3 is 1.76 bits per heavy atom. The van der Waals surface area contributed by atoms with Crippen molar-refractivity contribution in [3.8, 4) is 0 Å². The molecule has 3 aliphatic heterocycles. The molecular weight excluding hydrogens is 488 g/mol. The van der Waals surface area contributed by atoms with Crippen molar-refractivity contribution in [3.05, 3.63) is 62.2 Å². The van der Waals surface area contributed by atoms with Gasteiger partial charge in [0, 0.05) is 75.7 Å². The number of hydrogen-bond acceptors (Lipinski definition) is 8. The molecule has 3 heterocycles. The molecule has 0 N–H and O–H groups in total. The van der Waals surface area contributed by atoms with Crippen LogP contribution in [0, 0.1) is 20.2 Å². The standard InChI is InChI=1S/C27H34N6O5/c34-27(21-7-9-23(26(19-21)33(37)38)29-11-3-1-4-12-29)31-17-15-28(16-18-31)22-8-10-24(32(35)36)25(20-22)30-13-5-2-6-14-30/h7-10,19-20H,1-6,11-18H2. The predicted molar refractivity (Wildman–Crippen MR) is 146 cm³/mol. The van der Waals surface area contributed by atoms with Crippen LogP contribution < -0.4 is 14.7 Å². The Morgan fingerprint density at radius 2 is 1.18 bits per heavy atom. The average molecular weight is 523 g/mol. The SMILES string of the molecule is O=C(c1ccc(N2CCCCC2)c([N+](=O)[O-])c1)N1CCN(c2ccc([N+](=O)[O-])c(N3CCCCC3)c2)CC1. The number of hydrogen-bond donors (Lipinski definition) is 0. The molecule has 5 rings (SSSR count). The first-order chi connectivity index (χ1) is 18.4. The second-order valence-corrected chi connectivity index (χ2v) is 10.3. The topological polar surface area (TPSA) is 116 Å². The number of nitro groups is 2. The van der Waals surface area contributed by atoms with Crippen LogP contribution in [0.1, 0.15) is 48.9 Å². The quantitative estimate of drug-likeness (QED) is 0.404. The van der Waals surface area contributed by atoms with E-state index in [4.69, 9.17) is 0 Å². The van der Waals surface area contributed by atoms with Gasteiger partial charge in [-0.15, -0.1) is 0 Å². The van der Waals surface area contributed by atoms with E-state index in [0.29, 0.717) is 43.1 Å². The molecule has 11 heteroatoms. The van der Waals surface area contributed by atoms with Crippen LogP contribution in [-0.4, -0.2) is 73.0 Å². The summed E-state index contributed by atoms with van der Waals surface area (Å²) in [6, 6.07) is 10.1. The van der Waals surface area contributed by atoms with E-state index < -0.39 is 4.92 Å². The molecule has 3 aliphatic rings. The van der Waals surface area contributed by atoms with Gasteiger partial charge in [0.25, 0.3) is 17.3 Å². The molecule has 0 unspecified atom stereocenters. The molecule has 3 saturated heterocycles. The maximum absolute atomic E-state index is 13.3. The van der Waals surface area contributed by atoms with Gasteiger partial charge >= 0.3 is 0 Å². The minimum absolute atomic E-state index is 0.0208. The summed E-state index contributed by atoms with van der Waals surface area (Å²) >= 11 is 0. The molecule has 0 saturated carbocycles. The number of carbonyl (C=O) groups excluding carboxylic acids is 1. The van der Waals surface area contributed by atoms with Gasteiger partial charge in [0.1, 0.15) is 11.4 Å². The maximum atomic E-state index is 13.3. The summed E-state index contributed by atoms with van der Waals surface area (Å²) < 4.78 is 0. The van der Waals surface area contributed by atoms with Crippen LogP contribution in [0.3, 0.4) is 0 Å². The number of rotatable bonds is 6. The number of anilines is 3. The Morgan fingerprint density at radius 1 is 0.605 bits per heavy atom. The van der Waals surface area contributed by atoms with Gasteiger partial charge in [-0.25, -0.2) is 0 Å². The fourth-order valence-electron chi connectivity index (χ4n) is 5.81. The molecule has 0 aliphatic carbocycles. The molecule has 2 aromatic rings. The Labute approximate surface area is 221 Å². The van der Waals surface area contributed by atoms with Crippen molar-refractivity contribution < 1.29 is 14.6 Å². The first-order valence-corrected chi connectivity index (χ1v) is 13.5. The van der Waals surface area contributed by atoms with Crippen LogP contribution in [0.2, 0.25) is 0 Å². The molecule has 0 atom stereocenters. The second kappa shape index (κ2) is 11.2. The summed E-state index contributed by atoms with van der Waals surface area (Å²) in [6.07, 6.45) is 6.35. The minimum atomic E-state index is -0.396. The summed E-state index contributed by atoms with van der Waals surface area (Å²) in [4.78, 5) is 44.1. The Hall–Kier alpha value is -3.89. The van der Waals surface area contributed by atoms with Crippen LogP contribution in [0.15, 0.2) is 36.4 Å². The largest absolute Gasteiger partial charge is 0.368 e. The molecule has 0 bridgehead atoms. The van der Waals surface area contributed by atoms with Gasteiger partial charge in [-0.1, -0.05) is 0 Å². The molecule has 2 aromatic carbocycles. The van der Waals surface area contributed by atoms with E-state index >= 15 is 0 Å². The highest BCUT2D eigenvalue weighted by Gasteiger charge is 2.28. The Kier molecular flexibility index (Phi) is 7.62. The Balaban J connectivity index is 1.28. The second-order valence-electron chi connectivity index (χ2n) is 10.3. The number of piperazine rings is 1. The van der Waals surface area contributed by atoms with Crippen LogP contribution in [-0.2, 0) is 0 Å². The van der Waals surface area contributed by atoms with Crippen LogP contribution in [0.5, 0.6) is 0 Å². The fraction of sp³-hybridized carbons (Fsp3) is 0.519. The molecule has 38 heavy (non-hydrogen) atoms. The van der Waals surface area contributed by atoms with E-state index in [1.807, 2.05) is 11.0 Å². The van der Waals surface area contributed by atoms with Gasteiger partial charge in [-0.2, -0.15) is 0 Å². The number of piperidine rings is 2. The first-order valence-electron chi connectivity index (χ1n) is 13.5. The lowest BCUT2D eigenvalue weighted by atomic mass is 10.1. The zero-order valence-corrected chi connectivity index (χ0v) is 21.6. The van der Waals surface area contributed by atoms with E-state index in [9.17, 15) is 25.0 Å². The first kappa shape index (κ1) is 25.7. The molecule has 202 valence electrons. The third kappa shape index (κ3) is 5.36. The van der Waals surface area contributed by atoms with E-state index in [1.165, 1.54) is 6.07 Å². The maximum Gasteiger partial charge on any atom is 0.293 e. The molecular formula is C27H34N6O5. The van der Waals surface area contributed by atoms with Crippen LogP contribution >= 0.6 is 0 Å². The lowest BCUT2D eigenvalue weighted by Crippen LogP contribution is -2.48. The van der Waals surface area contributed by atoms with E-state index in [-0.39, 0.29) is 22.2 Å². The van der Waals surface area contributed by atoms with Crippen molar-refractivity contribution in [3.63, 3.8) is 0 Å². The van der Waals surface area contributed by atoms with Crippen molar-refractivity contribution >= 4 is 34.3 Å². The number of amides is 1. The smallest absolute Gasteiger partial charge is 0.293 e. The van der Waals surface area contributed by atoms with Gasteiger partial charge < -0.3 is 19.6 Å². The fourth-order valence-corrected chi connectivity index (χ4v) is 5.81. The van der Waals surface area contributed by atoms with Gasteiger partial charge in [-0.05, 0) is 62.8 Å². The van der Waals surface area contributed by atoms with Crippen LogP contribution in [0.25, 0.3) is 0 Å². The summed E-state index contributed by atoms with van der Waals surface area (Å²) in [6.45, 7) is 5.31. The summed E-state index contributed by atoms with van der Waals surface area (Å²) in [5, 5.41) is 23.5. The lowest BCUT2D eigenvalue weighted by Gasteiger charge is -2.37. The predicted octanol–water partition coefficient (Wildman–Crippen LogP) is 4.45. The summed E-state index contributed by atoms with van der Waals surface area (Å²) in [5.74, 6) is -0.212. The summed E-state index contributed by atoms with van der Waals surface area (Å²) in [7, 11) is 0. The molecule has 0 radical (unpaired) electrons. The highest BCUT2D eigenvalue weighted by atomic mass is 16.6. The van der Waals surface area contributed by atoms with E-state index in [0.717, 1.165) is 70.4 Å². The molecule has 11 nitrogen and oxygen atoms in total. The highest BCUT2D eigenvalue weighted by Crippen LogP contribution is 2.35. The molecule has 1 amide bonds. The van der Waals surface area contributed by atoms with Gasteiger partial charge in [0.2, 0.25) is 0 Å². The highest BCUT2D eigenvalue weighted by molar-refractivity contribution is 5.96. The van der Waals surface area contributed by atoms with Gasteiger partial charge in [0.15, 0.2) is 0 Å². The van der Waals surface area contributed by atoms with Crippen molar-refractivity contribution in [1.29, 1.82) is 0 Å². The zero-order valence-electron chi connectivity index (χ0n) is 21.6. The third-order valence-corrected chi connectivity index (χ3v) is 7.90. The Bertz CT molecular complexity index is 1200. The van der Waals surface area contributed by atoms with Gasteiger partial charge in [-0.3, -0.25) is 25.0 Å². The monoisotopic (exact) mass is 522 g/mol. The average Bonchev–Trinajstić information content (AvgIpc) is 2.97. The zero-order chi connectivity index (χ0) is 26.6. The van der Waals surface area contributed by atoms with Crippen molar-refractivity contribution in [2.75, 3.05) is 67.1 Å². The third-order valence-electron chi connectivity index (χ3n) is 7.90. The minimum Gasteiger partial charge on any atom is -0.368 e. The number of nitrogens with zero attached hydrogens (tertiary/aromatic N) is 6. The molecule has 3 fully saturated rings. The summed E-state index contributed by atoms with van der Waals surface area (Å²) in [5.41, 5.74) is 2.58. The van der Waals surface area contributed by atoms with Crippen molar-refractivity contribution in [2.45, 2.75) is 38.5 Å². The van der Waals surface area contributed by atoms with Crippen molar-refractivity contribution in [2.24, 2.45) is 0 Å². The van der Waals surface area contributed by atoms with E-state index in [2.05, 4.69) is 9.80 Å². The number of benzene rings is 2. The normalized spacial score (nSPS) is 18.4. The molecule has 0 spiro atoms. The molecule has 0 aromatic heterocycles. The van der Waals surface area contributed by atoms with Gasteiger partial charge in [0.05, 0.1) is 9.85 Å².